The van der Waals surface area contributed by atoms with Crippen molar-refractivity contribution in [2.24, 2.45) is 0 Å². The lowest BCUT2D eigenvalue weighted by atomic mass is 10.0. The Morgan fingerprint density at radius 3 is 2.58 bits per heavy atom. The maximum atomic E-state index is 13.6. The van der Waals surface area contributed by atoms with Crippen LogP contribution >= 0.6 is 22.9 Å². The van der Waals surface area contributed by atoms with Crippen molar-refractivity contribution in [3.63, 3.8) is 0 Å². The highest BCUT2D eigenvalue weighted by molar-refractivity contribution is 7.89. The molecule has 0 aliphatic carbocycles. The second-order valence-corrected chi connectivity index (χ2v) is 12.1. The van der Waals surface area contributed by atoms with Crippen LogP contribution < -0.4 is 9.47 Å². The zero-order chi connectivity index (χ0) is 25.9. The first kappa shape index (κ1) is 26.5. The first-order valence-electron chi connectivity index (χ1n) is 11.6. The molecular formula is C26H29ClN2O5S2. The number of benzene rings is 2. The predicted molar refractivity (Wildman–Crippen MR) is 141 cm³/mol. The molecule has 192 valence electrons. The third kappa shape index (κ3) is 5.70. The first-order chi connectivity index (χ1) is 17.2. The van der Waals surface area contributed by atoms with E-state index < -0.39 is 16.1 Å². The summed E-state index contributed by atoms with van der Waals surface area (Å²) in [6.45, 7) is 3.99. The molecule has 2 heterocycles. The Balaban J connectivity index is 1.56. The van der Waals surface area contributed by atoms with Gasteiger partial charge in [0.1, 0.15) is 18.1 Å². The SMILES string of the molecule is COc1cccc(OC[C@@H]2c3ccsc3CCN2C(=O)CN(C(C)C)S(=O)(=O)c2ccc(Cl)cc2)c1. The Morgan fingerprint density at radius 1 is 1.17 bits per heavy atom. The van der Waals surface area contributed by atoms with E-state index in [9.17, 15) is 13.2 Å². The Labute approximate surface area is 221 Å². The fourth-order valence-electron chi connectivity index (χ4n) is 4.25. The second kappa shape index (κ2) is 11.2. The lowest BCUT2D eigenvalue weighted by Gasteiger charge is -2.37. The average Bonchev–Trinajstić information content (AvgIpc) is 3.35. The molecule has 1 aromatic heterocycles. The second-order valence-electron chi connectivity index (χ2n) is 8.74. The monoisotopic (exact) mass is 548 g/mol. The van der Waals surface area contributed by atoms with E-state index in [0.717, 1.165) is 12.0 Å². The Kier molecular flexibility index (Phi) is 8.24. The highest BCUT2D eigenvalue weighted by atomic mass is 35.5. The molecule has 4 rings (SSSR count). The van der Waals surface area contributed by atoms with E-state index in [-0.39, 0.29) is 30.0 Å². The van der Waals surface area contributed by atoms with Crippen LogP contribution in [0.4, 0.5) is 0 Å². The van der Waals surface area contributed by atoms with Crippen molar-refractivity contribution in [1.82, 2.24) is 9.21 Å². The van der Waals surface area contributed by atoms with Crippen molar-refractivity contribution >= 4 is 38.9 Å². The van der Waals surface area contributed by atoms with Gasteiger partial charge in [-0.3, -0.25) is 4.79 Å². The number of methoxy groups -OCH3 is 1. The van der Waals surface area contributed by atoms with Gasteiger partial charge in [0.15, 0.2) is 0 Å². The van der Waals surface area contributed by atoms with Crippen LogP contribution in [-0.4, -0.2) is 56.4 Å². The molecule has 1 amide bonds. The van der Waals surface area contributed by atoms with Gasteiger partial charge in [-0.2, -0.15) is 4.31 Å². The fraction of sp³-hybridized carbons (Fsp3) is 0.346. The fourth-order valence-corrected chi connectivity index (χ4v) is 6.89. The molecule has 1 aliphatic heterocycles. The Morgan fingerprint density at radius 2 is 1.89 bits per heavy atom. The minimum atomic E-state index is -3.90. The van der Waals surface area contributed by atoms with Gasteiger partial charge in [-0.05, 0) is 73.7 Å². The summed E-state index contributed by atoms with van der Waals surface area (Å²) in [6.07, 6.45) is 0.722. The van der Waals surface area contributed by atoms with E-state index in [4.69, 9.17) is 21.1 Å². The van der Waals surface area contributed by atoms with E-state index in [1.54, 1.807) is 43.3 Å². The number of rotatable bonds is 9. The molecule has 36 heavy (non-hydrogen) atoms. The number of fused-ring (bicyclic) bond motifs is 1. The largest absolute Gasteiger partial charge is 0.497 e. The molecule has 2 aromatic carbocycles. The Bertz CT molecular complexity index is 1310. The number of nitrogens with zero attached hydrogens (tertiary/aromatic N) is 2. The van der Waals surface area contributed by atoms with Crippen molar-refractivity contribution in [1.29, 1.82) is 0 Å². The van der Waals surface area contributed by atoms with Crippen molar-refractivity contribution in [3.8, 4) is 11.5 Å². The van der Waals surface area contributed by atoms with Gasteiger partial charge < -0.3 is 14.4 Å². The maximum absolute atomic E-state index is 13.6. The van der Waals surface area contributed by atoms with Gasteiger partial charge in [0.2, 0.25) is 15.9 Å². The van der Waals surface area contributed by atoms with Crippen LogP contribution in [0.25, 0.3) is 0 Å². The standard InChI is InChI=1S/C26H29ClN2O5S2/c1-18(2)29(36(31,32)22-9-7-19(27)8-10-22)16-26(30)28-13-11-25-23(12-14-35-25)24(28)17-34-21-6-4-5-20(15-21)33-3/h4-10,12,14-15,18,24H,11,13,16-17H2,1-3H3/t24-/m1/s1. The molecule has 0 fully saturated rings. The van der Waals surface area contributed by atoms with Gasteiger partial charge in [-0.25, -0.2) is 8.42 Å². The molecule has 0 bridgehead atoms. The third-order valence-corrected chi connectivity index (χ3v) is 9.44. The number of amides is 1. The summed E-state index contributed by atoms with van der Waals surface area (Å²) in [6, 6.07) is 14.6. The van der Waals surface area contributed by atoms with Gasteiger partial charge in [-0.15, -0.1) is 11.3 Å². The van der Waals surface area contributed by atoms with E-state index in [2.05, 4.69) is 0 Å². The minimum absolute atomic E-state index is 0.102. The minimum Gasteiger partial charge on any atom is -0.497 e. The van der Waals surface area contributed by atoms with Crippen molar-refractivity contribution in [3.05, 3.63) is 75.4 Å². The molecular weight excluding hydrogens is 520 g/mol. The van der Waals surface area contributed by atoms with Crippen LogP contribution in [0.5, 0.6) is 11.5 Å². The maximum Gasteiger partial charge on any atom is 0.243 e. The predicted octanol–water partition coefficient (Wildman–Crippen LogP) is 5.01. The van der Waals surface area contributed by atoms with Gasteiger partial charge >= 0.3 is 0 Å². The molecule has 3 aromatic rings. The molecule has 1 atom stereocenters. The number of carbonyl (C=O) groups excluding carboxylic acids is 1. The summed E-state index contributed by atoms with van der Waals surface area (Å²) < 4.78 is 39.4. The Hall–Kier alpha value is -2.59. The zero-order valence-electron chi connectivity index (χ0n) is 20.4. The molecule has 0 radical (unpaired) electrons. The van der Waals surface area contributed by atoms with Crippen LogP contribution in [-0.2, 0) is 21.2 Å². The smallest absolute Gasteiger partial charge is 0.243 e. The van der Waals surface area contributed by atoms with Crippen molar-refractivity contribution in [2.75, 3.05) is 26.8 Å². The van der Waals surface area contributed by atoms with Gasteiger partial charge in [0, 0.05) is 28.6 Å². The van der Waals surface area contributed by atoms with E-state index in [1.807, 2.05) is 29.6 Å². The van der Waals surface area contributed by atoms with Crippen molar-refractivity contribution < 1.29 is 22.7 Å². The quantitative estimate of drug-likeness (QED) is 0.375. The average molecular weight is 549 g/mol. The number of halogens is 1. The molecule has 0 unspecified atom stereocenters. The van der Waals surface area contributed by atoms with Gasteiger partial charge in [0.25, 0.3) is 0 Å². The van der Waals surface area contributed by atoms with Gasteiger partial charge in [0.05, 0.1) is 24.6 Å². The number of thiophene rings is 1. The summed E-state index contributed by atoms with van der Waals surface area (Å²) >= 11 is 7.60. The summed E-state index contributed by atoms with van der Waals surface area (Å²) in [7, 11) is -2.30. The molecule has 10 heteroatoms. The highest BCUT2D eigenvalue weighted by Crippen LogP contribution is 2.34. The first-order valence-corrected chi connectivity index (χ1v) is 14.3. The number of carbonyl (C=O) groups is 1. The van der Waals surface area contributed by atoms with Crippen LogP contribution in [0, 0.1) is 0 Å². The van der Waals surface area contributed by atoms with Gasteiger partial charge in [-0.1, -0.05) is 17.7 Å². The van der Waals surface area contributed by atoms with E-state index in [1.165, 1.54) is 33.4 Å². The summed E-state index contributed by atoms with van der Waals surface area (Å²) in [5.74, 6) is 1.05. The molecule has 1 aliphatic rings. The lowest BCUT2D eigenvalue weighted by Crippen LogP contribution is -2.49. The normalized spacial score (nSPS) is 15.7. The molecule has 0 saturated heterocycles. The number of sulfonamides is 1. The highest BCUT2D eigenvalue weighted by Gasteiger charge is 2.36. The third-order valence-electron chi connectivity index (χ3n) is 6.15. The number of hydrogen-bond donors (Lipinski definition) is 0. The molecule has 0 saturated carbocycles. The summed E-state index contributed by atoms with van der Waals surface area (Å²) in [5.41, 5.74) is 1.04. The van der Waals surface area contributed by atoms with Crippen LogP contribution in [0.2, 0.25) is 5.02 Å². The number of hydrogen-bond acceptors (Lipinski definition) is 6. The van der Waals surface area contributed by atoms with E-state index in [0.29, 0.717) is 23.1 Å². The van der Waals surface area contributed by atoms with Crippen LogP contribution in [0.3, 0.4) is 0 Å². The van der Waals surface area contributed by atoms with Crippen LogP contribution in [0.15, 0.2) is 64.9 Å². The molecule has 0 N–H and O–H groups in total. The lowest BCUT2D eigenvalue weighted by molar-refractivity contribution is -0.135. The van der Waals surface area contributed by atoms with Crippen LogP contribution in [0.1, 0.15) is 30.3 Å². The topological polar surface area (TPSA) is 76.2 Å². The number of ether oxygens (including phenoxy) is 2. The zero-order valence-corrected chi connectivity index (χ0v) is 22.8. The van der Waals surface area contributed by atoms with Crippen molar-refractivity contribution in [2.45, 2.75) is 37.2 Å². The molecule has 7 nitrogen and oxygen atoms in total. The summed E-state index contributed by atoms with van der Waals surface area (Å²) in [4.78, 5) is 16.7. The molecule has 0 spiro atoms. The van der Waals surface area contributed by atoms with E-state index >= 15 is 0 Å². The summed E-state index contributed by atoms with van der Waals surface area (Å²) in [5, 5.41) is 2.46.